The Hall–Kier alpha value is 0.250. The van der Waals surface area contributed by atoms with E-state index < -0.39 is 17.7 Å². The molecule has 0 bridgehead atoms. The molecule has 0 aromatic rings. The monoisotopic (exact) mass is 190 g/mol. The van der Waals surface area contributed by atoms with Crippen LogP contribution >= 0.6 is 9.83 Å². The summed E-state index contributed by atoms with van der Waals surface area (Å²) in [4.78, 5) is 0. The number of hydrogen-bond acceptors (Lipinski definition) is 5. The number of rotatable bonds is 2. The minimum absolute atomic E-state index is 0.0417. The molecular weight excluding hydrogens is 184 g/mol. The summed E-state index contributed by atoms with van der Waals surface area (Å²) >= 11 is 0. The summed E-state index contributed by atoms with van der Waals surface area (Å²) in [6, 6.07) is 0. The van der Waals surface area contributed by atoms with Crippen LogP contribution in [-0.2, 0) is 17.7 Å². The lowest BCUT2D eigenvalue weighted by Gasteiger charge is -1.90. The van der Waals surface area contributed by atoms with Crippen molar-refractivity contribution < 1.29 is 16.8 Å². The first-order chi connectivity index (χ1) is 3.71. The fraction of sp³-hybridized carbons (Fsp3) is 1.00. The first kappa shape index (κ1) is 9.25. The molecule has 4 nitrogen and oxygen atoms in total. The van der Waals surface area contributed by atoms with Gasteiger partial charge in [0.15, 0.2) is 0 Å². The molecule has 0 radical (unpaired) electrons. The molecule has 0 atom stereocenters. The van der Waals surface area contributed by atoms with E-state index in [0.29, 0.717) is 0 Å². The Balaban J connectivity index is 4.46. The maximum absolute atomic E-state index is 10.2. The van der Waals surface area contributed by atoms with Crippen LogP contribution in [0.25, 0.3) is 0 Å². The van der Waals surface area contributed by atoms with Crippen LogP contribution in [0, 0.1) is 0 Å². The predicted molar refractivity (Wildman–Crippen MR) is 37.3 cm³/mol. The summed E-state index contributed by atoms with van der Waals surface area (Å²) in [6.45, 7) is 0. The maximum Gasteiger partial charge on any atom is 0.213 e. The van der Waals surface area contributed by atoms with Gasteiger partial charge in [-0.3, -0.25) is 0 Å². The molecule has 0 saturated heterocycles. The molecule has 0 aromatic heterocycles. The second-order valence-electron chi connectivity index (χ2n) is 1.48. The molecule has 0 aromatic carbocycles. The Bertz CT molecular complexity index is 239. The van der Waals surface area contributed by atoms with Crippen molar-refractivity contribution in [2.75, 3.05) is 12.5 Å². The zero-order chi connectivity index (χ0) is 7.71. The molecule has 0 fully saturated rings. The average Bonchev–Trinajstić information content (AvgIpc) is 1.14. The van der Waals surface area contributed by atoms with Crippen molar-refractivity contribution in [2.24, 2.45) is 0 Å². The van der Waals surface area contributed by atoms with Crippen molar-refractivity contribution in [3.05, 3.63) is 0 Å². The second kappa shape index (κ2) is 2.47. The molecule has 0 heterocycles. The Labute approximate surface area is 57.3 Å². The van der Waals surface area contributed by atoms with Gasteiger partial charge in [0.1, 0.15) is 0 Å². The van der Waals surface area contributed by atoms with Gasteiger partial charge in [-0.05, 0) is 0 Å². The summed E-state index contributed by atoms with van der Waals surface area (Å²) in [5.41, 5.74) is 0. The minimum Gasteiger partial charge on any atom is -0.217 e. The highest BCUT2D eigenvalue weighted by atomic mass is 33.5. The molecule has 56 valence electrons. The van der Waals surface area contributed by atoms with Crippen LogP contribution in [0.4, 0.5) is 0 Å². The number of hydrogen-bond donors (Lipinski definition) is 0. The molecule has 0 saturated carbocycles. The van der Waals surface area contributed by atoms with Crippen LogP contribution in [0.15, 0.2) is 0 Å². The SMILES string of the molecule is CS(=O)(=O)SS(C)(=O)=O. The van der Waals surface area contributed by atoms with Crippen LogP contribution in [0.3, 0.4) is 0 Å². The fourth-order valence-corrected chi connectivity index (χ4v) is 6.06. The van der Waals surface area contributed by atoms with Crippen LogP contribution in [0.2, 0.25) is 0 Å². The highest BCUT2D eigenvalue weighted by Crippen LogP contribution is 2.16. The van der Waals surface area contributed by atoms with Gasteiger partial charge in [-0.25, -0.2) is 16.8 Å². The third-order valence-electron chi connectivity index (χ3n) is 0.247. The third-order valence-corrected chi connectivity index (χ3v) is 6.67. The van der Waals surface area contributed by atoms with Gasteiger partial charge in [0, 0.05) is 12.5 Å². The van der Waals surface area contributed by atoms with Crippen molar-refractivity contribution in [2.45, 2.75) is 0 Å². The van der Waals surface area contributed by atoms with E-state index in [0.717, 1.165) is 12.5 Å². The van der Waals surface area contributed by atoms with Crippen molar-refractivity contribution in [1.29, 1.82) is 0 Å². The lowest BCUT2D eigenvalue weighted by atomic mass is 12.0. The summed E-state index contributed by atoms with van der Waals surface area (Å²) in [6.07, 6.45) is 1.69. The molecule has 7 heteroatoms. The standard InChI is InChI=1S/C2H6O4S3/c1-8(3,4)7-9(2,5)6/h1-2H3. The van der Waals surface area contributed by atoms with Gasteiger partial charge in [0.05, 0.1) is 9.83 Å². The van der Waals surface area contributed by atoms with E-state index >= 15 is 0 Å². The van der Waals surface area contributed by atoms with E-state index in [1.54, 1.807) is 0 Å². The Morgan fingerprint density at radius 2 is 1.11 bits per heavy atom. The Morgan fingerprint density at radius 3 is 1.11 bits per heavy atom. The van der Waals surface area contributed by atoms with E-state index in [9.17, 15) is 16.8 Å². The molecule has 0 N–H and O–H groups in total. The quantitative estimate of drug-likeness (QED) is 0.556. The summed E-state index contributed by atoms with van der Waals surface area (Å²) in [5, 5.41) is 0. The highest BCUT2D eigenvalue weighted by molar-refractivity contribution is 9.03. The van der Waals surface area contributed by atoms with Crippen LogP contribution in [-0.4, -0.2) is 29.3 Å². The smallest absolute Gasteiger partial charge is 0.213 e. The highest BCUT2D eigenvalue weighted by Gasteiger charge is 2.12. The van der Waals surface area contributed by atoms with Gasteiger partial charge in [-0.15, -0.1) is 0 Å². The Morgan fingerprint density at radius 1 is 0.889 bits per heavy atom. The zero-order valence-electron chi connectivity index (χ0n) is 4.86. The summed E-state index contributed by atoms with van der Waals surface area (Å²) in [7, 11) is -6.95. The van der Waals surface area contributed by atoms with Crippen LogP contribution in [0.1, 0.15) is 0 Å². The predicted octanol–water partition coefficient (Wildman–Crippen LogP) is -0.361. The van der Waals surface area contributed by atoms with Crippen LogP contribution < -0.4 is 0 Å². The summed E-state index contributed by atoms with van der Waals surface area (Å²) < 4.78 is 40.9. The lowest BCUT2D eigenvalue weighted by molar-refractivity contribution is 0.614. The van der Waals surface area contributed by atoms with Gasteiger partial charge >= 0.3 is 0 Å². The third kappa shape index (κ3) is 8.25. The fourth-order valence-electron chi connectivity index (χ4n) is 0.225. The lowest BCUT2D eigenvalue weighted by Crippen LogP contribution is -1.95. The van der Waals surface area contributed by atoms with Crippen molar-refractivity contribution in [3.8, 4) is 0 Å². The van der Waals surface area contributed by atoms with E-state index in [1.165, 1.54) is 0 Å². The molecule has 0 aliphatic rings. The van der Waals surface area contributed by atoms with Gasteiger partial charge in [0.25, 0.3) is 0 Å². The van der Waals surface area contributed by atoms with Crippen molar-refractivity contribution in [1.82, 2.24) is 0 Å². The van der Waals surface area contributed by atoms with E-state index in [4.69, 9.17) is 0 Å². The topological polar surface area (TPSA) is 68.3 Å². The molecule has 0 spiro atoms. The molecular formula is C2H6O4S3. The van der Waals surface area contributed by atoms with E-state index in [1.807, 2.05) is 0 Å². The van der Waals surface area contributed by atoms with Crippen molar-refractivity contribution >= 4 is 27.6 Å². The van der Waals surface area contributed by atoms with Gasteiger partial charge in [-0.2, -0.15) is 0 Å². The van der Waals surface area contributed by atoms with Gasteiger partial charge in [-0.1, -0.05) is 0 Å². The molecule has 0 aliphatic carbocycles. The molecule has 9 heavy (non-hydrogen) atoms. The first-order valence-electron chi connectivity index (χ1n) is 1.82. The normalized spacial score (nSPS) is 13.6. The van der Waals surface area contributed by atoms with Crippen molar-refractivity contribution in [3.63, 3.8) is 0 Å². The van der Waals surface area contributed by atoms with E-state index in [2.05, 4.69) is 0 Å². The molecule has 0 amide bonds. The zero-order valence-corrected chi connectivity index (χ0v) is 7.31. The van der Waals surface area contributed by atoms with Gasteiger partial charge in [0.2, 0.25) is 17.7 Å². The first-order valence-corrected chi connectivity index (χ1v) is 7.45. The second-order valence-corrected chi connectivity index (χ2v) is 9.69. The minimum atomic E-state index is -3.45. The van der Waals surface area contributed by atoms with Crippen LogP contribution in [0.5, 0.6) is 0 Å². The molecule has 0 unspecified atom stereocenters. The van der Waals surface area contributed by atoms with Gasteiger partial charge < -0.3 is 0 Å². The largest absolute Gasteiger partial charge is 0.217 e. The summed E-state index contributed by atoms with van der Waals surface area (Å²) in [5.74, 6) is 0. The molecule has 0 rings (SSSR count). The average molecular weight is 190 g/mol. The maximum atomic E-state index is 10.2. The Kier molecular flexibility index (Phi) is 2.54. The van der Waals surface area contributed by atoms with E-state index in [-0.39, 0.29) is 9.83 Å². The molecule has 0 aliphatic heterocycles.